The molecule has 0 saturated carbocycles. The highest BCUT2D eigenvalue weighted by atomic mass is 16.8. The lowest BCUT2D eigenvalue weighted by Gasteiger charge is -2.29. The summed E-state index contributed by atoms with van der Waals surface area (Å²) in [5.74, 6) is 0. The van der Waals surface area contributed by atoms with Crippen molar-refractivity contribution in [3.05, 3.63) is 71.8 Å². The molecular formula is C26H39NO10. The fraction of sp³-hybridized carbons (Fsp3) is 0.538. The van der Waals surface area contributed by atoms with Crippen molar-refractivity contribution in [2.24, 2.45) is 5.73 Å². The molecule has 0 aliphatic carbocycles. The second-order valence-corrected chi connectivity index (χ2v) is 8.19. The molecule has 208 valence electrons. The van der Waals surface area contributed by atoms with Crippen LogP contribution in [0.25, 0.3) is 0 Å². The molecule has 0 amide bonds. The average molecular weight is 526 g/mol. The van der Waals surface area contributed by atoms with E-state index in [0.717, 1.165) is 11.1 Å². The Labute approximate surface area is 217 Å². The minimum Gasteiger partial charge on any atom is -0.393 e. The van der Waals surface area contributed by atoms with Crippen molar-refractivity contribution in [1.82, 2.24) is 0 Å². The number of hydrogen-bond acceptors (Lipinski definition) is 11. The van der Waals surface area contributed by atoms with Crippen LogP contribution in [0, 0.1) is 0 Å². The van der Waals surface area contributed by atoms with E-state index in [4.69, 9.17) is 34.2 Å². The Bertz CT molecular complexity index is 814. The van der Waals surface area contributed by atoms with E-state index in [-0.39, 0.29) is 39.1 Å². The Hall–Kier alpha value is -2.00. The van der Waals surface area contributed by atoms with Crippen LogP contribution < -0.4 is 5.73 Å². The molecule has 11 nitrogen and oxygen atoms in total. The number of hydrogen-bond donors (Lipinski definition) is 5. The highest BCUT2D eigenvalue weighted by Crippen LogP contribution is 2.13. The molecule has 0 saturated heterocycles. The van der Waals surface area contributed by atoms with Gasteiger partial charge in [-0.05, 0) is 18.1 Å². The van der Waals surface area contributed by atoms with Crippen molar-refractivity contribution < 1.29 is 48.8 Å². The Morgan fingerprint density at radius 2 is 1.32 bits per heavy atom. The van der Waals surface area contributed by atoms with Gasteiger partial charge < -0.3 is 54.6 Å². The van der Waals surface area contributed by atoms with Gasteiger partial charge in [0.1, 0.15) is 12.7 Å². The summed E-state index contributed by atoms with van der Waals surface area (Å²) in [7, 11) is 0. The zero-order chi connectivity index (χ0) is 26.9. The largest absolute Gasteiger partial charge is 0.393 e. The fourth-order valence-electron chi connectivity index (χ4n) is 3.04. The molecule has 0 radical (unpaired) electrons. The number of nitrogens with two attached hydrogens (primary N) is 1. The lowest BCUT2D eigenvalue weighted by molar-refractivity contribution is -0.307. The van der Waals surface area contributed by atoms with Crippen LogP contribution in [0.4, 0.5) is 0 Å². The first-order valence-electron chi connectivity index (χ1n) is 12.1. The average Bonchev–Trinajstić information content (AvgIpc) is 2.92. The quantitative estimate of drug-likeness (QED) is 0.153. The Kier molecular flexibility index (Phi) is 15.4. The topological polar surface area (TPSA) is 162 Å². The van der Waals surface area contributed by atoms with Gasteiger partial charge in [0, 0.05) is 6.54 Å². The first kappa shape index (κ1) is 31.2. The van der Waals surface area contributed by atoms with Crippen LogP contribution in [0.5, 0.6) is 0 Å². The second-order valence-electron chi connectivity index (χ2n) is 8.19. The molecule has 0 bridgehead atoms. The van der Waals surface area contributed by atoms with Gasteiger partial charge in [-0.3, -0.25) is 0 Å². The second kappa shape index (κ2) is 18.3. The van der Waals surface area contributed by atoms with Gasteiger partial charge in [0.25, 0.3) is 0 Å². The smallest absolute Gasteiger partial charge is 0.209 e. The van der Waals surface area contributed by atoms with Crippen molar-refractivity contribution in [3.8, 4) is 0 Å². The molecular weight excluding hydrogens is 486 g/mol. The summed E-state index contributed by atoms with van der Waals surface area (Å²) in [6.45, 7) is 1.69. The van der Waals surface area contributed by atoms with Crippen LogP contribution in [-0.4, -0.2) is 90.8 Å². The molecule has 2 aromatic rings. The van der Waals surface area contributed by atoms with Gasteiger partial charge in [-0.2, -0.15) is 0 Å². The van der Waals surface area contributed by atoms with Gasteiger partial charge in [0.05, 0.1) is 39.1 Å². The van der Waals surface area contributed by atoms with Crippen molar-refractivity contribution in [2.75, 3.05) is 33.0 Å². The summed E-state index contributed by atoms with van der Waals surface area (Å²) >= 11 is 0. The third kappa shape index (κ3) is 12.9. The van der Waals surface area contributed by atoms with Gasteiger partial charge in [0.2, 0.25) is 12.6 Å². The molecule has 6 N–H and O–H groups in total. The molecule has 0 aliphatic heterocycles. The van der Waals surface area contributed by atoms with E-state index in [0.29, 0.717) is 6.61 Å². The first-order valence-corrected chi connectivity index (χ1v) is 12.1. The van der Waals surface area contributed by atoms with Crippen molar-refractivity contribution >= 4 is 0 Å². The lowest BCUT2D eigenvalue weighted by Crippen LogP contribution is -2.42. The maximum Gasteiger partial charge on any atom is 0.209 e. The zero-order valence-electron chi connectivity index (χ0n) is 21.0. The van der Waals surface area contributed by atoms with Crippen LogP contribution in [-0.2, 0) is 41.6 Å². The molecule has 0 heterocycles. The molecule has 0 aliphatic rings. The Balaban J connectivity index is 1.97. The first-order chi connectivity index (χ1) is 17.9. The maximum absolute atomic E-state index is 10.7. The minimum atomic E-state index is -1.94. The van der Waals surface area contributed by atoms with E-state index in [1.54, 1.807) is 0 Å². The summed E-state index contributed by atoms with van der Waals surface area (Å²) < 4.78 is 33.6. The van der Waals surface area contributed by atoms with Crippen molar-refractivity contribution in [2.45, 2.75) is 57.5 Å². The Morgan fingerprint density at radius 3 is 1.86 bits per heavy atom. The SMILES string of the molecule is CC(COC(OCC(OCCN)OC(CO)C(O)O)C(O)OCc1ccccc1)OCc1ccccc1. The van der Waals surface area contributed by atoms with Crippen LogP contribution in [0.1, 0.15) is 18.1 Å². The van der Waals surface area contributed by atoms with Gasteiger partial charge in [0.15, 0.2) is 12.6 Å². The van der Waals surface area contributed by atoms with E-state index in [1.807, 2.05) is 67.6 Å². The summed E-state index contributed by atoms with van der Waals surface area (Å²) in [6, 6.07) is 18.9. The predicted molar refractivity (Wildman–Crippen MR) is 133 cm³/mol. The highest BCUT2D eigenvalue weighted by Gasteiger charge is 2.27. The van der Waals surface area contributed by atoms with Gasteiger partial charge in [-0.15, -0.1) is 0 Å². The van der Waals surface area contributed by atoms with Crippen LogP contribution in [0.3, 0.4) is 0 Å². The van der Waals surface area contributed by atoms with E-state index >= 15 is 0 Å². The molecule has 2 aromatic carbocycles. The van der Waals surface area contributed by atoms with E-state index in [2.05, 4.69) is 0 Å². The number of benzene rings is 2. The summed E-state index contributed by atoms with van der Waals surface area (Å²) in [5, 5.41) is 38.7. The molecule has 5 unspecified atom stereocenters. The minimum absolute atomic E-state index is 0.0764. The monoisotopic (exact) mass is 525 g/mol. The van der Waals surface area contributed by atoms with Crippen molar-refractivity contribution in [3.63, 3.8) is 0 Å². The molecule has 0 spiro atoms. The zero-order valence-corrected chi connectivity index (χ0v) is 21.0. The maximum atomic E-state index is 10.7. The normalized spacial score (nSPS) is 15.9. The Morgan fingerprint density at radius 1 is 0.757 bits per heavy atom. The lowest BCUT2D eigenvalue weighted by atomic mass is 10.2. The number of aliphatic hydroxyl groups is 4. The number of aliphatic hydroxyl groups excluding tert-OH is 3. The molecule has 2 rings (SSSR count). The van der Waals surface area contributed by atoms with Crippen molar-refractivity contribution in [1.29, 1.82) is 0 Å². The number of rotatable bonds is 20. The molecule has 37 heavy (non-hydrogen) atoms. The fourth-order valence-corrected chi connectivity index (χ4v) is 3.04. The predicted octanol–water partition coefficient (Wildman–Crippen LogP) is 0.476. The third-order valence-corrected chi connectivity index (χ3v) is 5.03. The summed E-state index contributed by atoms with van der Waals surface area (Å²) in [5.41, 5.74) is 7.33. The van der Waals surface area contributed by atoms with E-state index < -0.39 is 37.9 Å². The van der Waals surface area contributed by atoms with Crippen LogP contribution in [0.2, 0.25) is 0 Å². The molecule has 0 aromatic heterocycles. The van der Waals surface area contributed by atoms with Gasteiger partial charge >= 0.3 is 0 Å². The van der Waals surface area contributed by atoms with E-state index in [1.165, 1.54) is 0 Å². The number of ether oxygens (including phenoxy) is 6. The summed E-state index contributed by atoms with van der Waals surface area (Å²) in [6.07, 6.45) is -7.49. The van der Waals surface area contributed by atoms with Crippen LogP contribution >= 0.6 is 0 Å². The molecule has 0 fully saturated rings. The molecule has 5 atom stereocenters. The van der Waals surface area contributed by atoms with E-state index in [9.17, 15) is 20.4 Å². The van der Waals surface area contributed by atoms with Gasteiger partial charge in [-0.1, -0.05) is 60.7 Å². The van der Waals surface area contributed by atoms with Crippen LogP contribution in [0.15, 0.2) is 60.7 Å². The molecule has 11 heteroatoms. The highest BCUT2D eigenvalue weighted by molar-refractivity contribution is 5.14. The third-order valence-electron chi connectivity index (χ3n) is 5.03. The van der Waals surface area contributed by atoms with Gasteiger partial charge in [-0.25, -0.2) is 0 Å². The standard InChI is InChI=1S/C26H39NO10/c1-19(33-16-20-8-4-2-5-9-20)15-35-26(25(31)34-17-21-10-6-3-7-11-21)36-18-23(32-13-12-27)37-22(14-28)24(29)30/h2-11,19,22-26,28-31H,12-18,27H2,1H3. The summed E-state index contributed by atoms with van der Waals surface area (Å²) in [4.78, 5) is 0.